The summed E-state index contributed by atoms with van der Waals surface area (Å²) in [5.41, 5.74) is 0.745. The van der Waals surface area contributed by atoms with Gasteiger partial charge in [0.25, 0.3) is 0 Å². The number of piperidine rings is 1. The molecule has 0 atom stereocenters. The molecule has 1 aliphatic rings. The van der Waals surface area contributed by atoms with Crippen LogP contribution in [0, 0.1) is 5.92 Å². The van der Waals surface area contributed by atoms with Crippen LogP contribution in [-0.4, -0.2) is 76.2 Å². The second-order valence-electron chi connectivity index (χ2n) is 7.07. The second kappa shape index (κ2) is 10.6. The van der Waals surface area contributed by atoms with Crippen molar-refractivity contribution >= 4 is 21.9 Å². The van der Waals surface area contributed by atoms with Gasteiger partial charge in [0.05, 0.1) is 27.1 Å². The van der Waals surface area contributed by atoms with E-state index in [1.54, 1.807) is 25.1 Å². The largest absolute Gasteiger partial charge is 0.497 e. The zero-order valence-electron chi connectivity index (χ0n) is 17.9. The monoisotopic (exact) mass is 442 g/mol. The molecule has 0 spiro atoms. The van der Waals surface area contributed by atoms with Crippen molar-refractivity contribution in [3.05, 3.63) is 23.8 Å². The predicted molar refractivity (Wildman–Crippen MR) is 111 cm³/mol. The number of esters is 1. The molecule has 0 bridgehead atoms. The molecule has 0 aliphatic carbocycles. The lowest BCUT2D eigenvalue weighted by atomic mass is 9.96. The van der Waals surface area contributed by atoms with E-state index in [4.69, 9.17) is 14.2 Å². The van der Waals surface area contributed by atoms with Crippen LogP contribution >= 0.6 is 0 Å². The SMILES string of the molecule is CCS(=O)(=O)N1CCC(C(=O)N(CC(=O)OC)Cc2cc(OC)cc(OC)c2)CC1. The molecule has 10 heteroatoms. The normalized spacial score (nSPS) is 15.5. The number of carbonyl (C=O) groups excluding carboxylic acids is 2. The average Bonchev–Trinajstić information content (AvgIpc) is 2.77. The Bertz CT molecular complexity index is 826. The van der Waals surface area contributed by atoms with Crippen molar-refractivity contribution in [3.63, 3.8) is 0 Å². The van der Waals surface area contributed by atoms with Gasteiger partial charge in [-0.2, -0.15) is 0 Å². The van der Waals surface area contributed by atoms with E-state index in [1.165, 1.54) is 30.5 Å². The minimum atomic E-state index is -3.27. The summed E-state index contributed by atoms with van der Waals surface area (Å²) in [6.45, 7) is 2.18. The summed E-state index contributed by atoms with van der Waals surface area (Å²) in [7, 11) is 1.07. The topological polar surface area (TPSA) is 102 Å². The fourth-order valence-corrected chi connectivity index (χ4v) is 4.56. The van der Waals surface area contributed by atoms with Gasteiger partial charge in [-0.1, -0.05) is 0 Å². The van der Waals surface area contributed by atoms with Crippen molar-refractivity contribution in [1.82, 2.24) is 9.21 Å². The van der Waals surface area contributed by atoms with Crippen LogP contribution < -0.4 is 9.47 Å². The van der Waals surface area contributed by atoms with Gasteiger partial charge >= 0.3 is 5.97 Å². The smallest absolute Gasteiger partial charge is 0.325 e. The number of hydrogen-bond donors (Lipinski definition) is 0. The van der Waals surface area contributed by atoms with E-state index in [9.17, 15) is 18.0 Å². The van der Waals surface area contributed by atoms with Gasteiger partial charge in [0, 0.05) is 31.6 Å². The Morgan fingerprint density at radius 3 is 2.10 bits per heavy atom. The van der Waals surface area contributed by atoms with Crippen LogP contribution in [0.5, 0.6) is 11.5 Å². The Morgan fingerprint density at radius 1 is 1.07 bits per heavy atom. The highest BCUT2D eigenvalue weighted by atomic mass is 32.2. The second-order valence-corrected chi connectivity index (χ2v) is 9.32. The van der Waals surface area contributed by atoms with E-state index >= 15 is 0 Å². The quantitative estimate of drug-likeness (QED) is 0.531. The lowest BCUT2D eigenvalue weighted by molar-refractivity contribution is -0.149. The molecule has 0 N–H and O–H groups in total. The third-order valence-corrected chi connectivity index (χ3v) is 7.09. The number of carbonyl (C=O) groups is 2. The van der Waals surface area contributed by atoms with E-state index in [0.29, 0.717) is 37.4 Å². The molecule has 168 valence electrons. The molecule has 1 aromatic carbocycles. The fourth-order valence-electron chi connectivity index (χ4n) is 3.43. The van der Waals surface area contributed by atoms with Crippen molar-refractivity contribution in [2.75, 3.05) is 46.7 Å². The first-order chi connectivity index (χ1) is 14.2. The van der Waals surface area contributed by atoms with Gasteiger partial charge < -0.3 is 19.1 Å². The van der Waals surface area contributed by atoms with Crippen LogP contribution in [0.25, 0.3) is 0 Å². The molecule has 1 aliphatic heterocycles. The number of sulfonamides is 1. The summed E-state index contributed by atoms with van der Waals surface area (Å²) >= 11 is 0. The van der Waals surface area contributed by atoms with Crippen molar-refractivity contribution in [1.29, 1.82) is 0 Å². The van der Waals surface area contributed by atoms with Crippen molar-refractivity contribution < 1.29 is 32.2 Å². The number of amides is 1. The van der Waals surface area contributed by atoms with Gasteiger partial charge in [0.2, 0.25) is 15.9 Å². The number of rotatable bonds is 9. The number of benzene rings is 1. The van der Waals surface area contributed by atoms with Crippen LogP contribution in [0.2, 0.25) is 0 Å². The minimum Gasteiger partial charge on any atom is -0.497 e. The fraction of sp³-hybridized carbons (Fsp3) is 0.600. The van der Waals surface area contributed by atoms with E-state index in [1.807, 2.05) is 0 Å². The number of nitrogens with zero attached hydrogens (tertiary/aromatic N) is 2. The van der Waals surface area contributed by atoms with Gasteiger partial charge in [-0.05, 0) is 37.5 Å². The zero-order valence-corrected chi connectivity index (χ0v) is 18.7. The Balaban J connectivity index is 2.17. The molecule has 1 saturated heterocycles. The minimum absolute atomic E-state index is 0.0394. The molecule has 0 radical (unpaired) electrons. The van der Waals surface area contributed by atoms with E-state index in [2.05, 4.69) is 0 Å². The first-order valence-corrected chi connectivity index (χ1v) is 11.4. The molecule has 1 fully saturated rings. The molecule has 1 aromatic rings. The molecule has 30 heavy (non-hydrogen) atoms. The summed E-state index contributed by atoms with van der Waals surface area (Å²) < 4.78 is 40.8. The van der Waals surface area contributed by atoms with Crippen LogP contribution in [-0.2, 0) is 30.9 Å². The van der Waals surface area contributed by atoms with Gasteiger partial charge in [0.15, 0.2) is 0 Å². The third kappa shape index (κ3) is 6.09. The summed E-state index contributed by atoms with van der Waals surface area (Å²) in [6, 6.07) is 5.27. The van der Waals surface area contributed by atoms with Crippen molar-refractivity contribution in [2.24, 2.45) is 5.92 Å². The van der Waals surface area contributed by atoms with Gasteiger partial charge in [-0.25, -0.2) is 12.7 Å². The molecular formula is C20H30N2O7S. The lowest BCUT2D eigenvalue weighted by Crippen LogP contribution is -2.45. The molecule has 0 aromatic heterocycles. The Morgan fingerprint density at radius 2 is 1.63 bits per heavy atom. The van der Waals surface area contributed by atoms with Crippen LogP contribution in [0.3, 0.4) is 0 Å². The van der Waals surface area contributed by atoms with Crippen LogP contribution in [0.4, 0.5) is 0 Å². The summed E-state index contributed by atoms with van der Waals surface area (Å²) in [5, 5.41) is 0. The molecule has 0 saturated carbocycles. The molecular weight excluding hydrogens is 412 g/mol. The van der Waals surface area contributed by atoms with Crippen molar-refractivity contribution in [3.8, 4) is 11.5 Å². The van der Waals surface area contributed by atoms with Gasteiger partial charge in [0.1, 0.15) is 18.0 Å². The maximum Gasteiger partial charge on any atom is 0.325 e. The lowest BCUT2D eigenvalue weighted by Gasteiger charge is -2.33. The predicted octanol–water partition coefficient (Wildman–Crippen LogP) is 1.27. The third-order valence-electron chi connectivity index (χ3n) is 5.21. The summed E-state index contributed by atoms with van der Waals surface area (Å²) in [4.78, 5) is 26.5. The van der Waals surface area contributed by atoms with Gasteiger partial charge in [-0.15, -0.1) is 0 Å². The maximum atomic E-state index is 13.2. The first kappa shape index (κ1) is 23.9. The molecule has 2 rings (SSSR count). The summed E-state index contributed by atoms with van der Waals surface area (Å²) in [5.74, 6) is 0.115. The van der Waals surface area contributed by atoms with Crippen molar-refractivity contribution in [2.45, 2.75) is 26.3 Å². The zero-order chi connectivity index (χ0) is 22.3. The molecule has 1 heterocycles. The highest BCUT2D eigenvalue weighted by molar-refractivity contribution is 7.89. The van der Waals surface area contributed by atoms with Crippen LogP contribution in [0.15, 0.2) is 18.2 Å². The van der Waals surface area contributed by atoms with E-state index in [-0.39, 0.29) is 30.7 Å². The van der Waals surface area contributed by atoms with E-state index < -0.39 is 16.0 Å². The highest BCUT2D eigenvalue weighted by Crippen LogP contribution is 2.26. The number of ether oxygens (including phenoxy) is 3. The number of hydrogen-bond acceptors (Lipinski definition) is 7. The first-order valence-electron chi connectivity index (χ1n) is 9.79. The van der Waals surface area contributed by atoms with E-state index in [0.717, 1.165) is 5.56 Å². The van der Waals surface area contributed by atoms with Gasteiger partial charge in [-0.3, -0.25) is 9.59 Å². The number of methoxy groups -OCH3 is 3. The maximum absolute atomic E-state index is 13.2. The molecule has 9 nitrogen and oxygen atoms in total. The standard InChI is InChI=1S/C20H30N2O7S/c1-5-30(25,26)22-8-6-16(7-9-22)20(24)21(14-19(23)29-4)13-15-10-17(27-2)12-18(11-15)28-3/h10-12,16H,5-9,13-14H2,1-4H3. The molecule has 0 unspecified atom stereocenters. The van der Waals surface area contributed by atoms with Crippen LogP contribution in [0.1, 0.15) is 25.3 Å². The average molecular weight is 443 g/mol. The summed E-state index contributed by atoms with van der Waals surface area (Å²) in [6.07, 6.45) is 0.828. The Labute approximate surface area is 177 Å². The Hall–Kier alpha value is -2.33. The molecule has 1 amide bonds. The highest BCUT2D eigenvalue weighted by Gasteiger charge is 2.33. The Kier molecular flexibility index (Phi) is 8.48.